The van der Waals surface area contributed by atoms with Gasteiger partial charge < -0.3 is 14.9 Å². The van der Waals surface area contributed by atoms with Crippen molar-refractivity contribution in [2.24, 2.45) is 0 Å². The topological polar surface area (TPSA) is 62.6 Å². The number of nitrogens with zero attached hydrogens (tertiary/aromatic N) is 1. The molecule has 1 aromatic rings. The van der Waals surface area contributed by atoms with E-state index in [1.807, 2.05) is 19.1 Å². The fourth-order valence-electron chi connectivity index (χ4n) is 0.914. The van der Waals surface area contributed by atoms with E-state index in [2.05, 4.69) is 4.98 Å². The van der Waals surface area contributed by atoms with Gasteiger partial charge in [-0.25, -0.2) is 0 Å². The Bertz CT molecular complexity index is 265. The number of rotatable bonds is 4. The maximum absolute atomic E-state index is 8.89. The smallest absolute Gasteiger partial charge is 0.178 e. The molecule has 0 fully saturated rings. The molecule has 4 nitrogen and oxygen atoms in total. The molecule has 0 saturated heterocycles. The molecule has 0 spiro atoms. The summed E-state index contributed by atoms with van der Waals surface area (Å²) in [4.78, 5) is 4.16. The molecule has 2 N–H and O–H groups in total. The van der Waals surface area contributed by atoms with Crippen LogP contribution in [0, 0.1) is 6.92 Å². The van der Waals surface area contributed by atoms with E-state index in [9.17, 15) is 0 Å². The Hall–Kier alpha value is -0.970. The van der Waals surface area contributed by atoms with E-state index in [4.69, 9.17) is 14.9 Å². The van der Waals surface area contributed by atoms with Gasteiger partial charge in [0.1, 0.15) is 0 Å². The molecule has 1 heterocycles. The van der Waals surface area contributed by atoms with Crippen LogP contribution in [-0.4, -0.2) is 28.1 Å². The van der Waals surface area contributed by atoms with Crippen molar-refractivity contribution >= 4 is 0 Å². The van der Waals surface area contributed by atoms with Gasteiger partial charge in [-0.2, -0.15) is 0 Å². The summed E-state index contributed by atoms with van der Waals surface area (Å²) < 4.78 is 4.88. The summed E-state index contributed by atoms with van der Waals surface area (Å²) in [6.45, 7) is 1.70. The molecule has 1 atom stereocenters. The quantitative estimate of drug-likeness (QED) is 0.655. The molecule has 1 unspecified atom stereocenters. The number of hydrogen-bond acceptors (Lipinski definition) is 4. The largest absolute Gasteiger partial charge is 0.391 e. The van der Waals surface area contributed by atoms with Gasteiger partial charge in [0.15, 0.2) is 6.29 Å². The fourth-order valence-corrected chi connectivity index (χ4v) is 0.914. The second-order valence-corrected chi connectivity index (χ2v) is 2.72. The molecule has 0 radical (unpaired) electrons. The first-order chi connectivity index (χ1) is 6.22. The molecule has 13 heavy (non-hydrogen) atoms. The van der Waals surface area contributed by atoms with E-state index < -0.39 is 12.9 Å². The van der Waals surface area contributed by atoms with Gasteiger partial charge in [0.25, 0.3) is 0 Å². The molecule has 0 saturated carbocycles. The average Bonchev–Trinajstić information content (AvgIpc) is 2.14. The SMILES string of the molecule is Cc1cccc(COC(O)CO)n1. The Labute approximate surface area is 76.8 Å². The molecule has 0 aromatic carbocycles. The summed E-state index contributed by atoms with van der Waals surface area (Å²) in [5.41, 5.74) is 1.65. The van der Waals surface area contributed by atoms with Gasteiger partial charge >= 0.3 is 0 Å². The lowest BCUT2D eigenvalue weighted by molar-refractivity contribution is -0.132. The molecule has 1 rings (SSSR count). The number of ether oxygens (including phenoxy) is 1. The van der Waals surface area contributed by atoms with Crippen LogP contribution in [0.15, 0.2) is 18.2 Å². The highest BCUT2D eigenvalue weighted by Crippen LogP contribution is 2.01. The first kappa shape index (κ1) is 10.1. The van der Waals surface area contributed by atoms with Crippen LogP contribution in [0.2, 0.25) is 0 Å². The van der Waals surface area contributed by atoms with Gasteiger partial charge in [-0.15, -0.1) is 0 Å². The van der Waals surface area contributed by atoms with Crippen LogP contribution in [0.4, 0.5) is 0 Å². The lowest BCUT2D eigenvalue weighted by atomic mass is 10.3. The number of aryl methyl sites for hydroxylation is 1. The van der Waals surface area contributed by atoms with Crippen molar-refractivity contribution in [1.29, 1.82) is 0 Å². The third-order valence-electron chi connectivity index (χ3n) is 1.53. The summed E-state index contributed by atoms with van der Waals surface area (Å²) in [5, 5.41) is 17.4. The maximum atomic E-state index is 8.89. The Balaban J connectivity index is 2.45. The standard InChI is InChI=1S/C9H13NO3/c1-7-3-2-4-8(10-7)6-13-9(12)5-11/h2-4,9,11-12H,5-6H2,1H3. The zero-order chi connectivity index (χ0) is 9.68. The number of aromatic nitrogens is 1. The Morgan fingerprint density at radius 3 is 2.92 bits per heavy atom. The van der Waals surface area contributed by atoms with E-state index in [1.54, 1.807) is 6.07 Å². The first-order valence-corrected chi connectivity index (χ1v) is 4.05. The number of aliphatic hydroxyl groups excluding tert-OH is 2. The van der Waals surface area contributed by atoms with Crippen molar-refractivity contribution in [3.63, 3.8) is 0 Å². The third kappa shape index (κ3) is 3.50. The van der Waals surface area contributed by atoms with Crippen molar-refractivity contribution < 1.29 is 14.9 Å². The van der Waals surface area contributed by atoms with Crippen LogP contribution >= 0.6 is 0 Å². The van der Waals surface area contributed by atoms with Crippen LogP contribution in [0.3, 0.4) is 0 Å². The predicted molar refractivity (Wildman–Crippen MR) is 46.9 cm³/mol. The van der Waals surface area contributed by atoms with Crippen molar-refractivity contribution in [2.45, 2.75) is 19.8 Å². The highest BCUT2D eigenvalue weighted by molar-refractivity contribution is 5.08. The normalized spacial score (nSPS) is 12.8. The van der Waals surface area contributed by atoms with Crippen LogP contribution in [0.1, 0.15) is 11.4 Å². The van der Waals surface area contributed by atoms with Crippen molar-refractivity contribution in [3.8, 4) is 0 Å². The Morgan fingerprint density at radius 2 is 2.31 bits per heavy atom. The minimum Gasteiger partial charge on any atom is -0.391 e. The molecule has 0 aliphatic heterocycles. The third-order valence-corrected chi connectivity index (χ3v) is 1.53. The molecule has 0 amide bonds. The zero-order valence-corrected chi connectivity index (χ0v) is 7.47. The van der Waals surface area contributed by atoms with Gasteiger partial charge in [0, 0.05) is 5.69 Å². The number of pyridine rings is 1. The number of aliphatic hydroxyl groups is 2. The van der Waals surface area contributed by atoms with E-state index >= 15 is 0 Å². The maximum Gasteiger partial charge on any atom is 0.178 e. The molecular weight excluding hydrogens is 170 g/mol. The van der Waals surface area contributed by atoms with Crippen LogP contribution < -0.4 is 0 Å². The van der Waals surface area contributed by atoms with Gasteiger partial charge in [-0.05, 0) is 19.1 Å². The zero-order valence-electron chi connectivity index (χ0n) is 7.47. The fraction of sp³-hybridized carbons (Fsp3) is 0.444. The van der Waals surface area contributed by atoms with Gasteiger partial charge in [0.2, 0.25) is 0 Å². The summed E-state index contributed by atoms with van der Waals surface area (Å²) in [5.74, 6) is 0. The van der Waals surface area contributed by atoms with Crippen molar-refractivity contribution in [2.75, 3.05) is 6.61 Å². The monoisotopic (exact) mass is 183 g/mol. The van der Waals surface area contributed by atoms with E-state index in [-0.39, 0.29) is 6.61 Å². The lowest BCUT2D eigenvalue weighted by Crippen LogP contribution is -2.16. The van der Waals surface area contributed by atoms with Crippen LogP contribution in [0.25, 0.3) is 0 Å². The summed E-state index contributed by atoms with van der Waals surface area (Å²) >= 11 is 0. The van der Waals surface area contributed by atoms with E-state index in [1.165, 1.54) is 0 Å². The van der Waals surface area contributed by atoms with E-state index in [0.29, 0.717) is 0 Å². The average molecular weight is 183 g/mol. The van der Waals surface area contributed by atoms with Crippen LogP contribution in [-0.2, 0) is 11.3 Å². The molecule has 4 heteroatoms. The highest BCUT2D eigenvalue weighted by Gasteiger charge is 2.02. The molecule has 0 aliphatic rings. The van der Waals surface area contributed by atoms with Gasteiger partial charge in [-0.3, -0.25) is 4.98 Å². The predicted octanol–water partition coefficient (Wildman–Crippen LogP) is 0.217. The molecular formula is C9H13NO3. The molecule has 1 aromatic heterocycles. The summed E-state index contributed by atoms with van der Waals surface area (Å²) in [6, 6.07) is 5.55. The van der Waals surface area contributed by atoms with Crippen LogP contribution in [0.5, 0.6) is 0 Å². The minimum atomic E-state index is -1.12. The molecule has 0 bridgehead atoms. The second-order valence-electron chi connectivity index (χ2n) is 2.72. The summed E-state index contributed by atoms with van der Waals surface area (Å²) in [6.07, 6.45) is -1.12. The summed E-state index contributed by atoms with van der Waals surface area (Å²) in [7, 11) is 0. The Morgan fingerprint density at radius 1 is 1.54 bits per heavy atom. The van der Waals surface area contributed by atoms with Gasteiger partial charge in [0.05, 0.1) is 18.9 Å². The van der Waals surface area contributed by atoms with Crippen molar-refractivity contribution in [1.82, 2.24) is 4.98 Å². The van der Waals surface area contributed by atoms with Crippen molar-refractivity contribution in [3.05, 3.63) is 29.6 Å². The second kappa shape index (κ2) is 4.91. The van der Waals surface area contributed by atoms with E-state index in [0.717, 1.165) is 11.4 Å². The number of hydrogen-bond donors (Lipinski definition) is 2. The Kier molecular flexibility index (Phi) is 3.82. The van der Waals surface area contributed by atoms with Gasteiger partial charge in [-0.1, -0.05) is 6.07 Å². The lowest BCUT2D eigenvalue weighted by Gasteiger charge is -2.08. The molecule has 72 valence electrons. The highest BCUT2D eigenvalue weighted by atomic mass is 16.6. The first-order valence-electron chi connectivity index (χ1n) is 4.05. The molecule has 0 aliphatic carbocycles. The minimum absolute atomic E-state index is 0.212.